The number of anilines is 1. The average molecular weight is 265 g/mol. The number of aliphatic carboxylic acids is 1. The van der Waals surface area contributed by atoms with Crippen LogP contribution in [0.25, 0.3) is 0 Å². The first-order valence-corrected chi connectivity index (χ1v) is 6.87. The maximum Gasteiger partial charge on any atom is 0.303 e. The summed E-state index contributed by atoms with van der Waals surface area (Å²) in [5, 5.41) is 11.8. The number of rotatable bonds is 9. The molecule has 1 rings (SSSR count). The Morgan fingerprint density at radius 3 is 2.68 bits per heavy atom. The Balaban J connectivity index is 2.15. The average Bonchev–Trinajstić information content (AvgIpc) is 2.37. The first-order valence-electron chi connectivity index (χ1n) is 6.87. The van der Waals surface area contributed by atoms with Gasteiger partial charge in [-0.3, -0.25) is 4.79 Å². The third kappa shape index (κ3) is 6.74. The molecular weight excluding hydrogens is 242 g/mol. The van der Waals surface area contributed by atoms with E-state index in [4.69, 9.17) is 5.11 Å². The molecule has 0 unspecified atom stereocenters. The smallest absolute Gasteiger partial charge is 0.303 e. The van der Waals surface area contributed by atoms with Gasteiger partial charge in [0.05, 0.1) is 0 Å². The summed E-state index contributed by atoms with van der Waals surface area (Å²) in [5.41, 5.74) is 1.04. The molecule has 0 aliphatic heterocycles. The Bertz CT molecular complexity index is 394. The van der Waals surface area contributed by atoms with Crippen LogP contribution in [-0.4, -0.2) is 27.6 Å². The number of hydrogen-bond donors (Lipinski definition) is 2. The van der Waals surface area contributed by atoms with Crippen molar-refractivity contribution in [2.24, 2.45) is 0 Å². The molecule has 0 aliphatic rings. The number of nitrogens with one attached hydrogen (secondary N) is 1. The quantitative estimate of drug-likeness (QED) is 0.671. The van der Waals surface area contributed by atoms with Crippen LogP contribution >= 0.6 is 0 Å². The van der Waals surface area contributed by atoms with Gasteiger partial charge in [-0.05, 0) is 18.8 Å². The fourth-order valence-corrected chi connectivity index (χ4v) is 1.76. The van der Waals surface area contributed by atoms with Crippen LogP contribution in [0.2, 0.25) is 0 Å². The van der Waals surface area contributed by atoms with Gasteiger partial charge in [-0.25, -0.2) is 9.97 Å². The standard InChI is InChI=1S/C14H23N3O2/c1-11(2)12-9-13(17-10-16-12)15-8-6-4-3-5-7-14(18)19/h9-11H,3-8H2,1-2H3,(H,18,19)(H,15,16,17). The first kappa shape index (κ1) is 15.4. The molecule has 0 saturated carbocycles. The van der Waals surface area contributed by atoms with Crippen molar-refractivity contribution in [2.75, 3.05) is 11.9 Å². The van der Waals surface area contributed by atoms with E-state index in [1.165, 1.54) is 0 Å². The summed E-state index contributed by atoms with van der Waals surface area (Å²) in [4.78, 5) is 18.7. The molecule has 0 saturated heterocycles. The molecule has 5 nitrogen and oxygen atoms in total. The van der Waals surface area contributed by atoms with E-state index in [2.05, 4.69) is 29.1 Å². The molecule has 0 bridgehead atoms. The van der Waals surface area contributed by atoms with Gasteiger partial charge in [-0.15, -0.1) is 0 Å². The Morgan fingerprint density at radius 1 is 1.26 bits per heavy atom. The zero-order chi connectivity index (χ0) is 14.1. The highest BCUT2D eigenvalue weighted by molar-refractivity contribution is 5.66. The third-order valence-electron chi connectivity index (χ3n) is 2.90. The van der Waals surface area contributed by atoms with Crippen LogP contribution in [0.1, 0.15) is 57.6 Å². The predicted molar refractivity (Wildman–Crippen MR) is 75.3 cm³/mol. The minimum absolute atomic E-state index is 0.275. The summed E-state index contributed by atoms with van der Waals surface area (Å²) < 4.78 is 0. The molecule has 0 atom stereocenters. The lowest BCUT2D eigenvalue weighted by Gasteiger charge is -2.08. The lowest BCUT2D eigenvalue weighted by Crippen LogP contribution is -2.05. The van der Waals surface area contributed by atoms with E-state index in [1.807, 2.05) is 6.07 Å². The van der Waals surface area contributed by atoms with E-state index < -0.39 is 5.97 Å². The first-order chi connectivity index (χ1) is 9.09. The maximum atomic E-state index is 10.3. The molecule has 0 aliphatic carbocycles. The molecule has 1 aromatic rings. The van der Waals surface area contributed by atoms with Crippen molar-refractivity contribution in [1.29, 1.82) is 0 Å². The predicted octanol–water partition coefficient (Wildman–Crippen LogP) is 3.05. The van der Waals surface area contributed by atoms with Crippen LogP contribution in [0.4, 0.5) is 5.82 Å². The van der Waals surface area contributed by atoms with Gasteiger partial charge in [0.2, 0.25) is 0 Å². The largest absolute Gasteiger partial charge is 0.481 e. The molecule has 0 fully saturated rings. The summed E-state index contributed by atoms with van der Waals surface area (Å²) in [6.45, 7) is 5.07. The van der Waals surface area contributed by atoms with Crippen LogP contribution in [0, 0.1) is 0 Å². The van der Waals surface area contributed by atoms with E-state index in [1.54, 1.807) is 6.33 Å². The molecule has 19 heavy (non-hydrogen) atoms. The Morgan fingerprint density at radius 2 is 2.00 bits per heavy atom. The molecule has 0 spiro atoms. The number of carbonyl (C=O) groups is 1. The van der Waals surface area contributed by atoms with Crippen LogP contribution in [0.5, 0.6) is 0 Å². The van der Waals surface area contributed by atoms with Gasteiger partial charge in [0, 0.05) is 24.7 Å². The zero-order valence-corrected chi connectivity index (χ0v) is 11.7. The van der Waals surface area contributed by atoms with Gasteiger partial charge in [0.25, 0.3) is 0 Å². The maximum absolute atomic E-state index is 10.3. The molecule has 1 aromatic heterocycles. The zero-order valence-electron chi connectivity index (χ0n) is 11.7. The fraction of sp³-hybridized carbons (Fsp3) is 0.643. The SMILES string of the molecule is CC(C)c1cc(NCCCCCCC(=O)O)ncn1. The van der Waals surface area contributed by atoms with E-state index >= 15 is 0 Å². The minimum atomic E-state index is -0.708. The van der Waals surface area contributed by atoms with Crippen LogP contribution < -0.4 is 5.32 Å². The minimum Gasteiger partial charge on any atom is -0.481 e. The van der Waals surface area contributed by atoms with E-state index in [0.29, 0.717) is 5.92 Å². The second-order valence-electron chi connectivity index (χ2n) is 4.97. The van der Waals surface area contributed by atoms with Crippen molar-refractivity contribution < 1.29 is 9.90 Å². The topological polar surface area (TPSA) is 75.1 Å². The molecule has 106 valence electrons. The van der Waals surface area contributed by atoms with E-state index in [9.17, 15) is 4.79 Å². The summed E-state index contributed by atoms with van der Waals surface area (Å²) in [6.07, 6.45) is 5.67. The van der Waals surface area contributed by atoms with Crippen molar-refractivity contribution in [3.8, 4) is 0 Å². The number of aromatic nitrogens is 2. The summed E-state index contributed by atoms with van der Waals surface area (Å²) in [5.74, 6) is 0.559. The van der Waals surface area contributed by atoms with Crippen molar-refractivity contribution >= 4 is 11.8 Å². The molecule has 1 heterocycles. The summed E-state index contributed by atoms with van der Waals surface area (Å²) in [6, 6.07) is 1.98. The highest BCUT2D eigenvalue weighted by Crippen LogP contribution is 2.13. The highest BCUT2D eigenvalue weighted by atomic mass is 16.4. The molecular formula is C14H23N3O2. The Labute approximate surface area is 114 Å². The van der Waals surface area contributed by atoms with Crippen molar-refractivity contribution in [3.63, 3.8) is 0 Å². The molecule has 0 amide bonds. The molecule has 0 aromatic carbocycles. The van der Waals surface area contributed by atoms with Gasteiger partial charge in [-0.1, -0.05) is 26.7 Å². The summed E-state index contributed by atoms with van der Waals surface area (Å²) >= 11 is 0. The molecule has 0 radical (unpaired) electrons. The van der Waals surface area contributed by atoms with Gasteiger partial charge in [0.15, 0.2) is 0 Å². The Hall–Kier alpha value is -1.65. The lowest BCUT2D eigenvalue weighted by atomic mass is 10.1. The fourth-order valence-electron chi connectivity index (χ4n) is 1.76. The van der Waals surface area contributed by atoms with Gasteiger partial charge >= 0.3 is 5.97 Å². The second kappa shape index (κ2) is 8.45. The van der Waals surface area contributed by atoms with Crippen LogP contribution in [-0.2, 0) is 4.79 Å². The Kier molecular flexibility index (Phi) is 6.85. The normalized spacial score (nSPS) is 10.7. The number of carboxylic acid groups (broad SMARTS) is 1. The van der Waals surface area contributed by atoms with E-state index in [-0.39, 0.29) is 6.42 Å². The number of unbranched alkanes of at least 4 members (excludes halogenated alkanes) is 3. The molecule has 5 heteroatoms. The van der Waals surface area contributed by atoms with Crippen molar-refractivity contribution in [3.05, 3.63) is 18.1 Å². The van der Waals surface area contributed by atoms with Crippen LogP contribution in [0.3, 0.4) is 0 Å². The van der Waals surface area contributed by atoms with Gasteiger partial charge in [-0.2, -0.15) is 0 Å². The van der Waals surface area contributed by atoms with E-state index in [0.717, 1.165) is 43.7 Å². The highest BCUT2D eigenvalue weighted by Gasteiger charge is 2.02. The van der Waals surface area contributed by atoms with Gasteiger partial charge in [0.1, 0.15) is 12.1 Å². The number of hydrogen-bond acceptors (Lipinski definition) is 4. The second-order valence-corrected chi connectivity index (χ2v) is 4.97. The third-order valence-corrected chi connectivity index (χ3v) is 2.90. The van der Waals surface area contributed by atoms with Crippen LogP contribution in [0.15, 0.2) is 12.4 Å². The monoisotopic (exact) mass is 265 g/mol. The summed E-state index contributed by atoms with van der Waals surface area (Å²) in [7, 11) is 0. The lowest BCUT2D eigenvalue weighted by molar-refractivity contribution is -0.137. The van der Waals surface area contributed by atoms with Crippen molar-refractivity contribution in [1.82, 2.24) is 9.97 Å². The number of nitrogens with zero attached hydrogens (tertiary/aromatic N) is 2. The molecule has 2 N–H and O–H groups in total. The van der Waals surface area contributed by atoms with Gasteiger partial charge < -0.3 is 10.4 Å². The number of carboxylic acids is 1. The van der Waals surface area contributed by atoms with Crippen molar-refractivity contribution in [2.45, 2.75) is 51.9 Å².